The standard InChI is InChI=1S/C32H56O3/c1-10-35-29(5,6)27(34)14-11-21(2)22-15-19-31(8)23(22)12-13-25-30(7)18-17-26(33)28(3,4)24(30)16-20-32(25,31)9/h22-27,33-34H,2,10-20H2,1,3-9H3. The first kappa shape index (κ1) is 27.6. The van der Waals surface area contributed by atoms with Crippen LogP contribution in [0.1, 0.15) is 120 Å². The molecule has 0 aromatic heterocycles. The summed E-state index contributed by atoms with van der Waals surface area (Å²) in [7, 11) is 0. The zero-order valence-electron chi connectivity index (χ0n) is 24.3. The van der Waals surface area contributed by atoms with Crippen LogP contribution >= 0.6 is 0 Å². The fourth-order valence-corrected chi connectivity index (χ4v) is 10.5. The molecule has 0 aliphatic heterocycles. The van der Waals surface area contributed by atoms with Crippen LogP contribution in [0.15, 0.2) is 12.2 Å². The summed E-state index contributed by atoms with van der Waals surface area (Å²) in [6, 6.07) is 0. The highest BCUT2D eigenvalue weighted by Crippen LogP contribution is 2.75. The number of hydrogen-bond acceptors (Lipinski definition) is 3. The van der Waals surface area contributed by atoms with Crippen LogP contribution < -0.4 is 0 Å². The lowest BCUT2D eigenvalue weighted by atomic mass is 9.35. The minimum Gasteiger partial charge on any atom is -0.393 e. The Morgan fingerprint density at radius 3 is 2.26 bits per heavy atom. The normalized spacial score (nSPS) is 45.8. The molecule has 0 aromatic carbocycles. The largest absolute Gasteiger partial charge is 0.393 e. The smallest absolute Gasteiger partial charge is 0.0884 e. The number of ether oxygens (including phenoxy) is 1. The van der Waals surface area contributed by atoms with E-state index in [4.69, 9.17) is 4.74 Å². The third-order valence-electron chi connectivity index (χ3n) is 13.0. The summed E-state index contributed by atoms with van der Waals surface area (Å²) in [4.78, 5) is 0. The number of aliphatic hydroxyl groups excluding tert-OH is 2. The molecular formula is C32H56O3. The zero-order valence-corrected chi connectivity index (χ0v) is 24.3. The average Bonchev–Trinajstić information content (AvgIpc) is 3.13. The third-order valence-corrected chi connectivity index (χ3v) is 13.0. The fraction of sp³-hybridized carbons (Fsp3) is 0.938. The second-order valence-electron chi connectivity index (χ2n) is 14.9. The van der Waals surface area contributed by atoms with Gasteiger partial charge in [-0.25, -0.2) is 0 Å². The lowest BCUT2D eigenvalue weighted by Crippen LogP contribution is -2.63. The Morgan fingerprint density at radius 2 is 1.60 bits per heavy atom. The van der Waals surface area contributed by atoms with Gasteiger partial charge in [0.2, 0.25) is 0 Å². The molecule has 4 rings (SSSR count). The van der Waals surface area contributed by atoms with Gasteiger partial charge in [0.05, 0.1) is 17.8 Å². The van der Waals surface area contributed by atoms with E-state index in [0.29, 0.717) is 34.7 Å². The fourth-order valence-electron chi connectivity index (χ4n) is 10.5. The maximum absolute atomic E-state index is 10.9. The van der Waals surface area contributed by atoms with Gasteiger partial charge < -0.3 is 14.9 Å². The third kappa shape index (κ3) is 4.09. The van der Waals surface area contributed by atoms with Crippen molar-refractivity contribution in [2.45, 2.75) is 137 Å². The van der Waals surface area contributed by atoms with Crippen molar-refractivity contribution in [2.24, 2.45) is 45.3 Å². The summed E-state index contributed by atoms with van der Waals surface area (Å²) < 4.78 is 5.80. The maximum atomic E-state index is 10.9. The van der Waals surface area contributed by atoms with Crippen LogP contribution in [0, 0.1) is 45.3 Å². The molecule has 2 N–H and O–H groups in total. The molecule has 0 aromatic rings. The van der Waals surface area contributed by atoms with Gasteiger partial charge in [0.15, 0.2) is 0 Å². The van der Waals surface area contributed by atoms with Crippen molar-refractivity contribution in [2.75, 3.05) is 6.61 Å². The van der Waals surface area contributed by atoms with Gasteiger partial charge in [-0.1, -0.05) is 46.8 Å². The second-order valence-corrected chi connectivity index (χ2v) is 14.9. The van der Waals surface area contributed by atoms with E-state index in [1.54, 1.807) is 0 Å². The van der Waals surface area contributed by atoms with E-state index >= 15 is 0 Å². The Hall–Kier alpha value is -0.380. The van der Waals surface area contributed by atoms with Crippen LogP contribution in [0.3, 0.4) is 0 Å². The minimum atomic E-state index is -0.500. The van der Waals surface area contributed by atoms with Gasteiger partial charge in [-0.2, -0.15) is 0 Å². The van der Waals surface area contributed by atoms with Crippen molar-refractivity contribution >= 4 is 0 Å². The summed E-state index contributed by atoms with van der Waals surface area (Å²) >= 11 is 0. The van der Waals surface area contributed by atoms with Gasteiger partial charge in [-0.05, 0) is 130 Å². The van der Waals surface area contributed by atoms with Crippen molar-refractivity contribution in [1.82, 2.24) is 0 Å². The molecule has 4 aliphatic carbocycles. The quantitative estimate of drug-likeness (QED) is 0.364. The Labute approximate surface area is 216 Å². The molecule has 35 heavy (non-hydrogen) atoms. The first-order valence-electron chi connectivity index (χ1n) is 14.8. The predicted molar refractivity (Wildman–Crippen MR) is 145 cm³/mol. The molecule has 4 fully saturated rings. The topological polar surface area (TPSA) is 49.7 Å². The van der Waals surface area contributed by atoms with E-state index in [0.717, 1.165) is 31.1 Å². The van der Waals surface area contributed by atoms with Gasteiger partial charge in [0.25, 0.3) is 0 Å². The number of hydrogen-bond donors (Lipinski definition) is 2. The number of rotatable bonds is 7. The molecule has 0 saturated heterocycles. The predicted octanol–water partition coefficient (Wildman–Crippen LogP) is 7.54. The van der Waals surface area contributed by atoms with E-state index in [9.17, 15) is 10.2 Å². The van der Waals surface area contributed by atoms with Crippen LogP contribution in [0.25, 0.3) is 0 Å². The highest BCUT2D eigenvalue weighted by Gasteiger charge is 2.68. The highest BCUT2D eigenvalue weighted by molar-refractivity contribution is 5.20. The molecule has 4 saturated carbocycles. The van der Waals surface area contributed by atoms with Crippen molar-refractivity contribution in [1.29, 1.82) is 0 Å². The molecule has 4 aliphatic rings. The molecule has 9 unspecified atom stereocenters. The van der Waals surface area contributed by atoms with Crippen LogP contribution in [0.2, 0.25) is 0 Å². The van der Waals surface area contributed by atoms with Crippen molar-refractivity contribution in [3.05, 3.63) is 12.2 Å². The number of aliphatic hydroxyl groups is 2. The first-order valence-corrected chi connectivity index (χ1v) is 14.8. The zero-order chi connectivity index (χ0) is 26.0. The van der Waals surface area contributed by atoms with E-state index in [1.165, 1.54) is 50.5 Å². The van der Waals surface area contributed by atoms with E-state index in [1.807, 2.05) is 20.8 Å². The van der Waals surface area contributed by atoms with Gasteiger partial charge in [0.1, 0.15) is 0 Å². The number of fused-ring (bicyclic) bond motifs is 5. The maximum Gasteiger partial charge on any atom is 0.0884 e. The van der Waals surface area contributed by atoms with Crippen molar-refractivity contribution < 1.29 is 14.9 Å². The summed E-state index contributed by atoms with van der Waals surface area (Å²) in [5.74, 6) is 2.69. The van der Waals surface area contributed by atoms with Crippen molar-refractivity contribution in [3.8, 4) is 0 Å². The Kier molecular flexibility index (Phi) is 7.21. The SMILES string of the molecule is C=C(CCC(O)C(C)(C)OCC)C1CCC2(C)C1CCC1C3(C)CCC(O)C(C)(C)C3CCC12C. The van der Waals surface area contributed by atoms with Gasteiger partial charge in [-0.3, -0.25) is 0 Å². The second kappa shape index (κ2) is 9.12. The average molecular weight is 489 g/mol. The molecule has 0 bridgehead atoms. The van der Waals surface area contributed by atoms with Crippen molar-refractivity contribution in [3.63, 3.8) is 0 Å². The summed E-state index contributed by atoms with van der Waals surface area (Å²) in [5.41, 5.74) is 1.96. The van der Waals surface area contributed by atoms with E-state index in [2.05, 4.69) is 41.2 Å². The van der Waals surface area contributed by atoms with Crippen LogP contribution in [-0.4, -0.2) is 34.6 Å². The Balaban J connectivity index is 1.51. The van der Waals surface area contributed by atoms with Gasteiger partial charge in [0, 0.05) is 6.61 Å². The molecule has 3 nitrogen and oxygen atoms in total. The van der Waals surface area contributed by atoms with Crippen LogP contribution in [0.4, 0.5) is 0 Å². The van der Waals surface area contributed by atoms with Gasteiger partial charge in [-0.15, -0.1) is 0 Å². The van der Waals surface area contributed by atoms with Gasteiger partial charge >= 0.3 is 0 Å². The summed E-state index contributed by atoms with van der Waals surface area (Å²) in [6.07, 6.45) is 11.0. The van der Waals surface area contributed by atoms with Crippen LogP contribution in [-0.2, 0) is 4.74 Å². The lowest BCUT2D eigenvalue weighted by molar-refractivity contribution is -0.220. The Morgan fingerprint density at radius 1 is 0.943 bits per heavy atom. The minimum absolute atomic E-state index is 0.0225. The molecule has 3 heteroatoms. The highest BCUT2D eigenvalue weighted by atomic mass is 16.5. The summed E-state index contributed by atoms with van der Waals surface area (Å²) in [6.45, 7) is 23.8. The monoisotopic (exact) mass is 488 g/mol. The molecule has 0 heterocycles. The molecule has 0 spiro atoms. The summed E-state index contributed by atoms with van der Waals surface area (Å²) in [5, 5.41) is 21.7. The van der Waals surface area contributed by atoms with E-state index in [-0.39, 0.29) is 11.5 Å². The molecule has 0 radical (unpaired) electrons. The molecule has 0 amide bonds. The molecule has 202 valence electrons. The lowest BCUT2D eigenvalue weighted by Gasteiger charge is -2.69. The molecule has 9 atom stereocenters. The van der Waals surface area contributed by atoms with Crippen LogP contribution in [0.5, 0.6) is 0 Å². The number of allylic oxidation sites excluding steroid dienone is 1. The first-order chi connectivity index (χ1) is 16.1. The van der Waals surface area contributed by atoms with E-state index < -0.39 is 11.7 Å². The molecular weight excluding hydrogens is 432 g/mol. The Bertz CT molecular complexity index is 801.